The average Bonchev–Trinajstić information content (AvgIpc) is 3.27. The number of benzene rings is 3. The van der Waals surface area contributed by atoms with Gasteiger partial charge in [0.2, 0.25) is 0 Å². The second-order valence-corrected chi connectivity index (χ2v) is 6.98. The molecule has 9 nitrogen and oxygen atoms in total. The number of aromatic carboxylic acids is 1. The Bertz CT molecular complexity index is 1240. The number of hydrogen-bond donors (Lipinski definition) is 2. The predicted molar refractivity (Wildman–Crippen MR) is 118 cm³/mol. The molecule has 0 spiro atoms. The molecule has 32 heavy (non-hydrogen) atoms. The van der Waals surface area contributed by atoms with Crippen LogP contribution in [0, 0.1) is 6.92 Å². The molecule has 2 N–H and O–H groups in total. The SMILES string of the molecule is COc1cc(CNc2cc(C(=O)O)ccc2C)ccc1Oc1nnnn1-c1ccccc1. The fraction of sp³-hybridized carbons (Fsp3) is 0.130. The molecule has 0 fully saturated rings. The molecule has 162 valence electrons. The number of ether oxygens (including phenoxy) is 2. The number of anilines is 1. The van der Waals surface area contributed by atoms with Gasteiger partial charge >= 0.3 is 12.0 Å². The van der Waals surface area contributed by atoms with Gasteiger partial charge in [-0.05, 0) is 64.9 Å². The third-order valence-corrected chi connectivity index (χ3v) is 4.84. The number of rotatable bonds is 8. The molecule has 3 aromatic carbocycles. The Morgan fingerprint density at radius 1 is 1.06 bits per heavy atom. The maximum Gasteiger partial charge on any atom is 0.346 e. The first-order valence-corrected chi connectivity index (χ1v) is 9.81. The van der Waals surface area contributed by atoms with Crippen LogP contribution in [0.3, 0.4) is 0 Å². The van der Waals surface area contributed by atoms with Crippen LogP contribution >= 0.6 is 0 Å². The maximum absolute atomic E-state index is 11.2. The van der Waals surface area contributed by atoms with Gasteiger partial charge in [0.15, 0.2) is 11.5 Å². The van der Waals surface area contributed by atoms with Gasteiger partial charge in [0.05, 0.1) is 18.4 Å². The van der Waals surface area contributed by atoms with Crippen molar-refractivity contribution < 1.29 is 19.4 Å². The van der Waals surface area contributed by atoms with Crippen LogP contribution in [0.25, 0.3) is 5.69 Å². The van der Waals surface area contributed by atoms with E-state index in [1.54, 1.807) is 31.4 Å². The lowest BCUT2D eigenvalue weighted by molar-refractivity contribution is 0.0697. The second-order valence-electron chi connectivity index (χ2n) is 6.98. The van der Waals surface area contributed by atoms with Gasteiger partial charge in [-0.3, -0.25) is 0 Å². The Labute approximate surface area is 184 Å². The highest BCUT2D eigenvalue weighted by atomic mass is 16.5. The molecule has 0 atom stereocenters. The zero-order valence-corrected chi connectivity index (χ0v) is 17.5. The van der Waals surface area contributed by atoms with E-state index in [0.717, 1.165) is 22.5 Å². The summed E-state index contributed by atoms with van der Waals surface area (Å²) in [5.74, 6) is 0.0178. The fourth-order valence-corrected chi connectivity index (χ4v) is 3.12. The van der Waals surface area contributed by atoms with E-state index in [2.05, 4.69) is 20.8 Å². The normalized spacial score (nSPS) is 10.6. The third-order valence-electron chi connectivity index (χ3n) is 4.84. The summed E-state index contributed by atoms with van der Waals surface area (Å²) < 4.78 is 12.9. The van der Waals surface area contributed by atoms with Crippen molar-refractivity contribution in [2.75, 3.05) is 12.4 Å². The van der Waals surface area contributed by atoms with Crippen LogP contribution in [-0.2, 0) is 6.54 Å². The minimum Gasteiger partial charge on any atom is -0.493 e. The highest BCUT2D eigenvalue weighted by Crippen LogP contribution is 2.32. The minimum atomic E-state index is -0.964. The summed E-state index contributed by atoms with van der Waals surface area (Å²) >= 11 is 0. The van der Waals surface area contributed by atoms with E-state index in [1.807, 2.05) is 49.4 Å². The van der Waals surface area contributed by atoms with Crippen LogP contribution in [0.4, 0.5) is 5.69 Å². The van der Waals surface area contributed by atoms with E-state index in [0.29, 0.717) is 18.0 Å². The van der Waals surface area contributed by atoms with Crippen LogP contribution in [0.2, 0.25) is 0 Å². The summed E-state index contributed by atoms with van der Waals surface area (Å²) in [6.07, 6.45) is 0. The van der Waals surface area contributed by atoms with E-state index in [1.165, 1.54) is 4.68 Å². The monoisotopic (exact) mass is 431 g/mol. The number of nitrogens with one attached hydrogen (secondary N) is 1. The molecule has 1 aromatic heterocycles. The zero-order chi connectivity index (χ0) is 22.5. The lowest BCUT2D eigenvalue weighted by Gasteiger charge is -2.13. The molecule has 0 radical (unpaired) electrons. The molecule has 0 bridgehead atoms. The number of tetrazole rings is 1. The highest BCUT2D eigenvalue weighted by Gasteiger charge is 2.14. The van der Waals surface area contributed by atoms with E-state index in [4.69, 9.17) is 9.47 Å². The molecule has 0 unspecified atom stereocenters. The molecule has 1 heterocycles. The molecule has 0 aliphatic rings. The Kier molecular flexibility index (Phi) is 5.98. The summed E-state index contributed by atoms with van der Waals surface area (Å²) in [5.41, 5.74) is 3.64. The van der Waals surface area contributed by atoms with Gasteiger partial charge in [0, 0.05) is 12.2 Å². The van der Waals surface area contributed by atoms with Crippen LogP contribution < -0.4 is 14.8 Å². The van der Waals surface area contributed by atoms with Crippen LogP contribution in [0.1, 0.15) is 21.5 Å². The average molecular weight is 431 g/mol. The Morgan fingerprint density at radius 2 is 1.88 bits per heavy atom. The standard InChI is InChI=1S/C23H21N5O4/c1-15-8-10-17(22(29)30)13-19(15)24-14-16-9-11-20(21(12-16)31-2)32-23-25-26-27-28(23)18-6-4-3-5-7-18/h3-13,24H,14H2,1-2H3,(H,29,30). The number of carboxylic acid groups (broad SMARTS) is 1. The predicted octanol–water partition coefficient (Wildman–Crippen LogP) is 4.08. The summed E-state index contributed by atoms with van der Waals surface area (Å²) in [5, 5.41) is 24.1. The number of carboxylic acids is 1. The first-order valence-electron chi connectivity index (χ1n) is 9.81. The van der Waals surface area contributed by atoms with Gasteiger partial charge < -0.3 is 19.9 Å². The Balaban J connectivity index is 1.52. The van der Waals surface area contributed by atoms with Crippen molar-refractivity contribution in [3.8, 4) is 23.2 Å². The molecular weight excluding hydrogens is 410 g/mol. The first-order chi connectivity index (χ1) is 15.5. The molecule has 4 aromatic rings. The number of hydrogen-bond acceptors (Lipinski definition) is 7. The van der Waals surface area contributed by atoms with Gasteiger partial charge in [-0.15, -0.1) is 0 Å². The molecule has 0 saturated carbocycles. The van der Waals surface area contributed by atoms with E-state index < -0.39 is 5.97 Å². The van der Waals surface area contributed by atoms with Gasteiger partial charge in [0.25, 0.3) is 0 Å². The minimum absolute atomic E-state index is 0.210. The summed E-state index contributed by atoms with van der Waals surface area (Å²) in [7, 11) is 1.56. The molecule has 4 rings (SSSR count). The Hall–Kier alpha value is -4.40. The van der Waals surface area contributed by atoms with E-state index in [9.17, 15) is 9.90 Å². The van der Waals surface area contributed by atoms with Gasteiger partial charge in [-0.1, -0.05) is 35.4 Å². The lowest BCUT2D eigenvalue weighted by Crippen LogP contribution is -2.05. The van der Waals surface area contributed by atoms with E-state index in [-0.39, 0.29) is 11.6 Å². The fourth-order valence-electron chi connectivity index (χ4n) is 3.12. The number of aryl methyl sites for hydroxylation is 1. The Morgan fingerprint density at radius 3 is 2.62 bits per heavy atom. The van der Waals surface area contributed by atoms with Gasteiger partial charge in [-0.25, -0.2) is 4.79 Å². The number of carbonyl (C=O) groups is 1. The van der Waals surface area contributed by atoms with Crippen molar-refractivity contribution in [2.45, 2.75) is 13.5 Å². The smallest absolute Gasteiger partial charge is 0.346 e. The maximum atomic E-state index is 11.2. The largest absolute Gasteiger partial charge is 0.493 e. The number of methoxy groups -OCH3 is 1. The van der Waals surface area contributed by atoms with Crippen molar-refractivity contribution in [3.63, 3.8) is 0 Å². The van der Waals surface area contributed by atoms with Gasteiger partial charge in [-0.2, -0.15) is 4.68 Å². The quantitative estimate of drug-likeness (QED) is 0.429. The van der Waals surface area contributed by atoms with Crippen LogP contribution in [-0.4, -0.2) is 38.4 Å². The number of nitrogens with zero attached hydrogens (tertiary/aromatic N) is 4. The summed E-state index contributed by atoms with van der Waals surface area (Å²) in [6, 6.07) is 20.1. The van der Waals surface area contributed by atoms with Crippen LogP contribution in [0.5, 0.6) is 17.5 Å². The topological polar surface area (TPSA) is 111 Å². The zero-order valence-electron chi connectivity index (χ0n) is 17.5. The molecule has 0 amide bonds. The number of para-hydroxylation sites is 1. The molecule has 0 aliphatic heterocycles. The van der Waals surface area contributed by atoms with Crippen molar-refractivity contribution in [2.24, 2.45) is 0 Å². The second kappa shape index (κ2) is 9.17. The van der Waals surface area contributed by atoms with Crippen molar-refractivity contribution in [3.05, 3.63) is 83.4 Å². The molecule has 0 saturated heterocycles. The lowest BCUT2D eigenvalue weighted by atomic mass is 10.1. The van der Waals surface area contributed by atoms with Crippen molar-refractivity contribution in [1.82, 2.24) is 20.2 Å². The molecule has 0 aliphatic carbocycles. The molecule has 9 heteroatoms. The number of aromatic nitrogens is 4. The van der Waals surface area contributed by atoms with E-state index >= 15 is 0 Å². The van der Waals surface area contributed by atoms with Crippen molar-refractivity contribution >= 4 is 11.7 Å². The summed E-state index contributed by atoms with van der Waals surface area (Å²) in [4.78, 5) is 11.2. The third kappa shape index (κ3) is 4.51. The highest BCUT2D eigenvalue weighted by molar-refractivity contribution is 5.89. The van der Waals surface area contributed by atoms with Crippen molar-refractivity contribution in [1.29, 1.82) is 0 Å². The van der Waals surface area contributed by atoms with Crippen LogP contribution in [0.15, 0.2) is 66.7 Å². The molecular formula is C23H21N5O4. The first kappa shape index (κ1) is 20.9. The summed E-state index contributed by atoms with van der Waals surface area (Å²) in [6.45, 7) is 2.39. The van der Waals surface area contributed by atoms with Gasteiger partial charge in [0.1, 0.15) is 0 Å².